The van der Waals surface area contributed by atoms with Crippen molar-refractivity contribution < 1.29 is 23.8 Å². The van der Waals surface area contributed by atoms with Crippen molar-refractivity contribution in [2.75, 3.05) is 19.8 Å². The smallest absolute Gasteiger partial charge is 0.328 e. The molecule has 2 atom stereocenters. The van der Waals surface area contributed by atoms with Crippen LogP contribution >= 0.6 is 0 Å². The molecule has 0 aromatic heterocycles. The molecule has 0 radical (unpaired) electrons. The summed E-state index contributed by atoms with van der Waals surface area (Å²) in [5.74, 6) is -0.0127. The van der Waals surface area contributed by atoms with Crippen LogP contribution in [-0.4, -0.2) is 43.8 Å². The lowest BCUT2D eigenvalue weighted by molar-refractivity contribution is -0.145. The molecular formula is C21H23NO5. The fraction of sp³-hybridized carbons (Fsp3) is 0.333. The average molecular weight is 369 g/mol. The molecule has 0 spiro atoms. The van der Waals surface area contributed by atoms with Gasteiger partial charge in [0.1, 0.15) is 24.5 Å². The summed E-state index contributed by atoms with van der Waals surface area (Å²) < 4.78 is 15.8. The summed E-state index contributed by atoms with van der Waals surface area (Å²) in [6.45, 7) is 3.29. The van der Waals surface area contributed by atoms with Crippen LogP contribution in [0.1, 0.15) is 22.8 Å². The summed E-state index contributed by atoms with van der Waals surface area (Å²) in [5.41, 5.74) is 1.40. The number of carbonyl (C=O) groups excluding carboxylic acids is 2. The second kappa shape index (κ2) is 9.19. The topological polar surface area (TPSA) is 77.2 Å². The Hall–Kier alpha value is -2.86. The Balaban J connectivity index is 1.63. The van der Waals surface area contributed by atoms with Gasteiger partial charge in [0.15, 0.2) is 0 Å². The minimum Gasteiger partial charge on any atom is -0.491 e. The van der Waals surface area contributed by atoms with Gasteiger partial charge in [0.25, 0.3) is 5.91 Å². The Kier molecular flexibility index (Phi) is 6.44. The van der Waals surface area contributed by atoms with Gasteiger partial charge in [-0.2, -0.15) is 0 Å². The van der Waals surface area contributed by atoms with Crippen LogP contribution in [0.3, 0.4) is 0 Å². The van der Waals surface area contributed by atoms with Gasteiger partial charge in [-0.3, -0.25) is 4.79 Å². The zero-order valence-corrected chi connectivity index (χ0v) is 15.2. The predicted molar refractivity (Wildman–Crippen MR) is 99.7 cm³/mol. The van der Waals surface area contributed by atoms with E-state index in [0.717, 1.165) is 17.9 Å². The molecule has 1 fully saturated rings. The van der Waals surface area contributed by atoms with Crippen molar-refractivity contribution in [1.82, 2.24) is 5.32 Å². The van der Waals surface area contributed by atoms with Crippen molar-refractivity contribution in [3.05, 3.63) is 65.7 Å². The average Bonchev–Trinajstić information content (AvgIpc) is 3.52. The summed E-state index contributed by atoms with van der Waals surface area (Å²) >= 11 is 0. The van der Waals surface area contributed by atoms with Crippen LogP contribution in [0.5, 0.6) is 5.75 Å². The zero-order chi connectivity index (χ0) is 19.1. The third-order valence-electron chi connectivity index (χ3n) is 4.11. The Morgan fingerprint density at radius 3 is 2.48 bits per heavy atom. The monoisotopic (exact) mass is 369 g/mol. The van der Waals surface area contributed by atoms with E-state index < -0.39 is 12.0 Å². The summed E-state index contributed by atoms with van der Waals surface area (Å²) in [5, 5.41) is 2.77. The Morgan fingerprint density at radius 1 is 1.15 bits per heavy atom. The highest BCUT2D eigenvalue weighted by atomic mass is 16.6. The van der Waals surface area contributed by atoms with Crippen LogP contribution in [0, 0.1) is 0 Å². The molecule has 1 saturated heterocycles. The number of carbonyl (C=O) groups is 2. The fourth-order valence-corrected chi connectivity index (χ4v) is 2.58. The molecule has 2 aromatic rings. The number of benzene rings is 2. The molecule has 3 rings (SSSR count). The van der Waals surface area contributed by atoms with Gasteiger partial charge in [-0.05, 0) is 36.8 Å². The Morgan fingerprint density at radius 2 is 1.85 bits per heavy atom. The normalized spacial score (nSPS) is 16.3. The quantitative estimate of drug-likeness (QED) is 0.542. The van der Waals surface area contributed by atoms with Crippen molar-refractivity contribution in [2.24, 2.45) is 0 Å². The first-order valence-electron chi connectivity index (χ1n) is 9.01. The molecule has 1 N–H and O–H groups in total. The van der Waals surface area contributed by atoms with Crippen molar-refractivity contribution in [1.29, 1.82) is 0 Å². The third kappa shape index (κ3) is 5.82. The second-order valence-corrected chi connectivity index (χ2v) is 6.26. The highest BCUT2D eigenvalue weighted by Crippen LogP contribution is 2.17. The molecule has 142 valence electrons. The Bertz CT molecular complexity index is 756. The largest absolute Gasteiger partial charge is 0.491 e. The van der Waals surface area contributed by atoms with Crippen LogP contribution in [0.4, 0.5) is 0 Å². The van der Waals surface area contributed by atoms with Crippen LogP contribution in [0.25, 0.3) is 0 Å². The highest BCUT2D eigenvalue weighted by Gasteiger charge is 2.24. The molecule has 6 heteroatoms. The van der Waals surface area contributed by atoms with Gasteiger partial charge in [0.2, 0.25) is 0 Å². The number of hydrogen-bond donors (Lipinski definition) is 1. The molecule has 1 unspecified atom stereocenters. The standard InChI is InChI=1S/C21H23NO5/c1-2-25-21(24)19(22-20(23)16-6-4-3-5-7-16)12-15-8-10-17(11-9-15)26-13-18-14-27-18/h3-11,18-19H,2,12-14H2,1H3,(H,22,23)/t18?,19-/m0/s1. The van der Waals surface area contributed by atoms with Gasteiger partial charge in [-0.15, -0.1) is 0 Å². The van der Waals surface area contributed by atoms with Crippen molar-refractivity contribution in [2.45, 2.75) is 25.5 Å². The number of amides is 1. The summed E-state index contributed by atoms with van der Waals surface area (Å²) in [7, 11) is 0. The van der Waals surface area contributed by atoms with Crippen molar-refractivity contribution in [3.63, 3.8) is 0 Å². The summed E-state index contributed by atoms with van der Waals surface area (Å²) in [6, 6.07) is 15.5. The fourth-order valence-electron chi connectivity index (χ4n) is 2.58. The second-order valence-electron chi connectivity index (χ2n) is 6.26. The van der Waals surface area contributed by atoms with E-state index in [2.05, 4.69) is 5.32 Å². The van der Waals surface area contributed by atoms with Crippen LogP contribution in [-0.2, 0) is 20.7 Å². The molecule has 1 heterocycles. The molecule has 1 aliphatic rings. The lowest BCUT2D eigenvalue weighted by Crippen LogP contribution is -2.43. The first-order chi connectivity index (χ1) is 13.2. The van der Waals surface area contributed by atoms with Crippen LogP contribution in [0.2, 0.25) is 0 Å². The minimum absolute atomic E-state index is 0.200. The zero-order valence-electron chi connectivity index (χ0n) is 15.2. The van der Waals surface area contributed by atoms with Gasteiger partial charge in [0.05, 0.1) is 13.2 Å². The van der Waals surface area contributed by atoms with Crippen LogP contribution in [0.15, 0.2) is 54.6 Å². The van der Waals surface area contributed by atoms with Gasteiger partial charge in [0, 0.05) is 12.0 Å². The molecule has 0 saturated carbocycles. The van der Waals surface area contributed by atoms with Gasteiger partial charge < -0.3 is 19.5 Å². The first-order valence-corrected chi connectivity index (χ1v) is 9.01. The summed E-state index contributed by atoms with van der Waals surface area (Å²) in [6.07, 6.45) is 0.537. The molecular weight excluding hydrogens is 346 g/mol. The minimum atomic E-state index is -0.760. The van der Waals surface area contributed by atoms with Gasteiger partial charge >= 0.3 is 5.97 Å². The Labute approximate surface area is 158 Å². The number of ether oxygens (including phenoxy) is 3. The van der Waals surface area contributed by atoms with Crippen molar-refractivity contribution >= 4 is 11.9 Å². The highest BCUT2D eigenvalue weighted by molar-refractivity contribution is 5.96. The lowest BCUT2D eigenvalue weighted by atomic mass is 10.0. The number of nitrogens with one attached hydrogen (secondary N) is 1. The molecule has 0 bridgehead atoms. The van der Waals surface area contributed by atoms with E-state index in [1.807, 2.05) is 30.3 Å². The SMILES string of the molecule is CCOC(=O)[C@H](Cc1ccc(OCC2CO2)cc1)NC(=O)c1ccccc1. The number of rotatable bonds is 9. The molecule has 6 nitrogen and oxygen atoms in total. The maximum Gasteiger partial charge on any atom is 0.328 e. The number of hydrogen-bond acceptors (Lipinski definition) is 5. The molecule has 27 heavy (non-hydrogen) atoms. The van der Waals surface area contributed by atoms with E-state index >= 15 is 0 Å². The lowest BCUT2D eigenvalue weighted by Gasteiger charge is -2.18. The molecule has 1 aliphatic heterocycles. The maximum absolute atomic E-state index is 12.4. The van der Waals surface area contributed by atoms with E-state index in [0.29, 0.717) is 18.6 Å². The van der Waals surface area contributed by atoms with Crippen LogP contribution < -0.4 is 10.1 Å². The molecule has 2 aromatic carbocycles. The number of epoxide rings is 1. The summed E-state index contributed by atoms with van der Waals surface area (Å²) in [4.78, 5) is 24.7. The first kappa shape index (κ1) is 18.9. The van der Waals surface area contributed by atoms with E-state index in [-0.39, 0.29) is 18.6 Å². The number of esters is 1. The van der Waals surface area contributed by atoms with E-state index in [1.165, 1.54) is 0 Å². The van der Waals surface area contributed by atoms with Gasteiger partial charge in [-0.25, -0.2) is 4.79 Å². The van der Waals surface area contributed by atoms with Crippen molar-refractivity contribution in [3.8, 4) is 5.75 Å². The predicted octanol–water partition coefficient (Wildman–Crippen LogP) is 2.37. The molecule has 1 amide bonds. The molecule has 0 aliphatic carbocycles. The third-order valence-corrected chi connectivity index (χ3v) is 4.11. The van der Waals surface area contributed by atoms with Gasteiger partial charge in [-0.1, -0.05) is 30.3 Å². The van der Waals surface area contributed by atoms with E-state index in [1.54, 1.807) is 31.2 Å². The van der Waals surface area contributed by atoms with E-state index in [9.17, 15) is 9.59 Å². The van der Waals surface area contributed by atoms with E-state index in [4.69, 9.17) is 14.2 Å². The maximum atomic E-state index is 12.4.